The molecule has 2 aromatic rings. The molecule has 0 radical (unpaired) electrons. The van der Waals surface area contributed by atoms with Crippen molar-refractivity contribution in [1.82, 2.24) is 10.3 Å². The van der Waals surface area contributed by atoms with Gasteiger partial charge in [-0.3, -0.25) is 0 Å². The molecule has 0 bridgehead atoms. The third-order valence-electron chi connectivity index (χ3n) is 3.32. The van der Waals surface area contributed by atoms with Crippen LogP contribution in [0.3, 0.4) is 0 Å². The first-order valence-corrected chi connectivity index (χ1v) is 7.44. The van der Waals surface area contributed by atoms with Crippen molar-refractivity contribution >= 4 is 11.5 Å². The van der Waals surface area contributed by atoms with Crippen LogP contribution in [0.15, 0.2) is 42.6 Å². The summed E-state index contributed by atoms with van der Waals surface area (Å²) in [5, 5.41) is 3.38. The Hall–Kier alpha value is -1.94. The summed E-state index contributed by atoms with van der Waals surface area (Å²) >= 11 is 0. The molecular weight excluding hydrogens is 265 g/mol. The number of halogens is 1. The summed E-state index contributed by atoms with van der Waals surface area (Å²) in [6.45, 7) is 6.50. The first-order valence-electron chi connectivity index (χ1n) is 7.44. The molecule has 1 aromatic heterocycles. The molecule has 0 unspecified atom stereocenters. The minimum absolute atomic E-state index is 0.225. The molecule has 0 amide bonds. The van der Waals surface area contributed by atoms with Crippen LogP contribution in [0.5, 0.6) is 0 Å². The van der Waals surface area contributed by atoms with Gasteiger partial charge >= 0.3 is 0 Å². The summed E-state index contributed by atoms with van der Waals surface area (Å²) in [5.74, 6) is 0.589. The van der Waals surface area contributed by atoms with E-state index in [2.05, 4.69) is 17.2 Å². The molecule has 112 valence electrons. The number of benzene rings is 1. The van der Waals surface area contributed by atoms with Crippen molar-refractivity contribution in [2.45, 2.75) is 26.8 Å². The molecule has 0 saturated heterocycles. The van der Waals surface area contributed by atoms with Gasteiger partial charge in [-0.1, -0.05) is 25.1 Å². The van der Waals surface area contributed by atoms with E-state index < -0.39 is 0 Å². The molecular formula is C17H22FN3. The Labute approximate surface area is 125 Å². The maximum Gasteiger partial charge on any atom is 0.146 e. The summed E-state index contributed by atoms with van der Waals surface area (Å²) in [5.41, 5.74) is 1.64. The van der Waals surface area contributed by atoms with Gasteiger partial charge in [0.2, 0.25) is 0 Å². The molecule has 0 aliphatic heterocycles. The van der Waals surface area contributed by atoms with Crippen LogP contribution in [-0.4, -0.2) is 18.1 Å². The largest absolute Gasteiger partial charge is 0.324 e. The van der Waals surface area contributed by atoms with Gasteiger partial charge in [-0.2, -0.15) is 0 Å². The number of pyridine rings is 1. The Bertz CT molecular complexity index is 571. The number of hydrogen-bond acceptors (Lipinski definition) is 3. The number of nitrogens with zero attached hydrogens (tertiary/aromatic N) is 2. The fourth-order valence-electron chi connectivity index (χ4n) is 2.32. The first kappa shape index (κ1) is 15.4. The number of nitrogens with one attached hydrogen (secondary N) is 1. The fraction of sp³-hybridized carbons (Fsp3) is 0.353. The SMILES string of the molecule is CCCNCc1cccnc1N(CC)c1ccccc1F. The summed E-state index contributed by atoms with van der Waals surface area (Å²) in [6, 6.07) is 10.8. The molecule has 0 fully saturated rings. The predicted octanol–water partition coefficient (Wildman–Crippen LogP) is 3.88. The highest BCUT2D eigenvalue weighted by Crippen LogP contribution is 2.28. The molecule has 4 heteroatoms. The monoisotopic (exact) mass is 287 g/mol. The Morgan fingerprint density at radius 1 is 1.14 bits per heavy atom. The van der Waals surface area contributed by atoms with Gasteiger partial charge in [-0.05, 0) is 38.1 Å². The van der Waals surface area contributed by atoms with Crippen molar-refractivity contribution in [3.8, 4) is 0 Å². The second kappa shape index (κ2) is 7.74. The van der Waals surface area contributed by atoms with E-state index in [1.165, 1.54) is 6.07 Å². The van der Waals surface area contributed by atoms with E-state index in [9.17, 15) is 4.39 Å². The molecule has 21 heavy (non-hydrogen) atoms. The van der Waals surface area contributed by atoms with Crippen LogP contribution in [0.4, 0.5) is 15.9 Å². The number of anilines is 2. The fourth-order valence-corrected chi connectivity index (χ4v) is 2.32. The van der Waals surface area contributed by atoms with E-state index >= 15 is 0 Å². The highest BCUT2D eigenvalue weighted by atomic mass is 19.1. The van der Waals surface area contributed by atoms with Crippen LogP contribution in [0.25, 0.3) is 0 Å². The molecule has 1 N–H and O–H groups in total. The Morgan fingerprint density at radius 2 is 1.95 bits per heavy atom. The summed E-state index contributed by atoms with van der Waals surface area (Å²) < 4.78 is 14.1. The van der Waals surface area contributed by atoms with Crippen LogP contribution in [-0.2, 0) is 6.54 Å². The van der Waals surface area contributed by atoms with Crippen LogP contribution in [0.1, 0.15) is 25.8 Å². The third-order valence-corrected chi connectivity index (χ3v) is 3.32. The van der Waals surface area contributed by atoms with Crippen molar-refractivity contribution < 1.29 is 4.39 Å². The standard InChI is InChI=1S/C17H22FN3/c1-3-11-19-13-14-8-7-12-20-17(14)21(4-2)16-10-6-5-9-15(16)18/h5-10,12,19H,3-4,11,13H2,1-2H3. The van der Waals surface area contributed by atoms with Crippen molar-refractivity contribution in [3.63, 3.8) is 0 Å². The average molecular weight is 287 g/mol. The van der Waals surface area contributed by atoms with Crippen molar-refractivity contribution in [2.24, 2.45) is 0 Å². The first-order chi connectivity index (χ1) is 10.3. The molecule has 1 heterocycles. The number of aromatic nitrogens is 1. The lowest BCUT2D eigenvalue weighted by Gasteiger charge is -2.25. The molecule has 1 aromatic carbocycles. The lowest BCUT2D eigenvalue weighted by molar-refractivity contribution is 0.624. The summed E-state index contributed by atoms with van der Waals surface area (Å²) in [6.07, 6.45) is 2.84. The molecule has 0 spiro atoms. The molecule has 0 atom stereocenters. The van der Waals surface area contributed by atoms with Crippen LogP contribution >= 0.6 is 0 Å². The zero-order chi connectivity index (χ0) is 15.1. The van der Waals surface area contributed by atoms with Gasteiger partial charge in [-0.25, -0.2) is 9.37 Å². The van der Waals surface area contributed by atoms with Crippen molar-refractivity contribution in [3.05, 3.63) is 54.0 Å². The second-order valence-corrected chi connectivity index (χ2v) is 4.86. The maximum atomic E-state index is 14.1. The quantitative estimate of drug-likeness (QED) is 0.783. The van der Waals surface area contributed by atoms with Gasteiger partial charge in [0.05, 0.1) is 5.69 Å². The van der Waals surface area contributed by atoms with E-state index in [0.29, 0.717) is 12.2 Å². The zero-order valence-electron chi connectivity index (χ0n) is 12.6. The lowest BCUT2D eigenvalue weighted by Crippen LogP contribution is -2.22. The number of para-hydroxylation sites is 1. The highest BCUT2D eigenvalue weighted by Gasteiger charge is 2.15. The van der Waals surface area contributed by atoms with E-state index in [4.69, 9.17) is 0 Å². The van der Waals surface area contributed by atoms with E-state index in [1.807, 2.05) is 30.0 Å². The van der Waals surface area contributed by atoms with E-state index in [0.717, 1.165) is 30.9 Å². The van der Waals surface area contributed by atoms with E-state index in [1.54, 1.807) is 18.3 Å². The molecule has 0 saturated carbocycles. The normalized spacial score (nSPS) is 10.6. The minimum Gasteiger partial charge on any atom is -0.324 e. The van der Waals surface area contributed by atoms with Crippen molar-refractivity contribution in [2.75, 3.05) is 18.0 Å². The van der Waals surface area contributed by atoms with Gasteiger partial charge in [0.25, 0.3) is 0 Å². The average Bonchev–Trinajstić information content (AvgIpc) is 2.51. The highest BCUT2D eigenvalue weighted by molar-refractivity contribution is 5.63. The van der Waals surface area contributed by atoms with Crippen LogP contribution in [0, 0.1) is 5.82 Å². The minimum atomic E-state index is -0.225. The van der Waals surface area contributed by atoms with Gasteiger partial charge in [-0.15, -0.1) is 0 Å². The Balaban J connectivity index is 2.32. The predicted molar refractivity (Wildman–Crippen MR) is 85.3 cm³/mol. The van der Waals surface area contributed by atoms with Gasteiger partial charge in [0.1, 0.15) is 11.6 Å². The molecule has 3 nitrogen and oxygen atoms in total. The van der Waals surface area contributed by atoms with Crippen molar-refractivity contribution in [1.29, 1.82) is 0 Å². The maximum absolute atomic E-state index is 14.1. The van der Waals surface area contributed by atoms with Crippen LogP contribution in [0.2, 0.25) is 0 Å². The molecule has 0 aliphatic carbocycles. The van der Waals surface area contributed by atoms with Gasteiger partial charge in [0, 0.05) is 24.8 Å². The van der Waals surface area contributed by atoms with E-state index in [-0.39, 0.29) is 5.82 Å². The third kappa shape index (κ3) is 3.79. The number of rotatable bonds is 7. The molecule has 0 aliphatic rings. The smallest absolute Gasteiger partial charge is 0.146 e. The van der Waals surface area contributed by atoms with Gasteiger partial charge < -0.3 is 10.2 Å². The molecule has 2 rings (SSSR count). The summed E-state index contributed by atoms with van der Waals surface area (Å²) in [7, 11) is 0. The topological polar surface area (TPSA) is 28.2 Å². The van der Waals surface area contributed by atoms with Crippen LogP contribution < -0.4 is 10.2 Å². The Morgan fingerprint density at radius 3 is 2.67 bits per heavy atom. The number of hydrogen-bond donors (Lipinski definition) is 1. The second-order valence-electron chi connectivity index (χ2n) is 4.86. The lowest BCUT2D eigenvalue weighted by atomic mass is 10.2. The Kier molecular flexibility index (Phi) is 5.69. The summed E-state index contributed by atoms with van der Waals surface area (Å²) in [4.78, 5) is 6.38. The van der Waals surface area contributed by atoms with Gasteiger partial charge in [0.15, 0.2) is 0 Å². The zero-order valence-corrected chi connectivity index (χ0v) is 12.6.